The molecule has 0 saturated heterocycles. The van der Waals surface area contributed by atoms with Crippen molar-refractivity contribution in [3.05, 3.63) is 66.4 Å². The van der Waals surface area contributed by atoms with Crippen LogP contribution in [0.5, 0.6) is 0 Å². The molecule has 3 aromatic rings. The van der Waals surface area contributed by atoms with Crippen LogP contribution >= 0.6 is 16.3 Å². The molecular formula is C28H37N3O5P2+2. The Balaban J connectivity index is 1.46. The molecule has 0 fully saturated rings. The first kappa shape index (κ1) is 28.7. The summed E-state index contributed by atoms with van der Waals surface area (Å²) < 4.78 is 43.1. The largest absolute Gasteiger partial charge is 0.330 e. The van der Waals surface area contributed by atoms with Gasteiger partial charge in [-0.05, 0) is 39.3 Å². The third kappa shape index (κ3) is 6.44. The van der Waals surface area contributed by atoms with Crippen molar-refractivity contribution >= 4 is 16.3 Å². The van der Waals surface area contributed by atoms with Gasteiger partial charge in [0.15, 0.2) is 31.3 Å². The predicted molar refractivity (Wildman–Crippen MR) is 146 cm³/mol. The summed E-state index contributed by atoms with van der Waals surface area (Å²) in [7, 11) is -3.28. The average molecular weight is 558 g/mol. The van der Waals surface area contributed by atoms with Crippen LogP contribution < -0.4 is 9.13 Å². The number of pyridine rings is 3. The van der Waals surface area contributed by atoms with Gasteiger partial charge in [0.25, 0.3) is 0 Å². The molecule has 0 saturated carbocycles. The van der Waals surface area contributed by atoms with E-state index in [4.69, 9.17) is 18.6 Å². The molecule has 10 heteroatoms. The van der Waals surface area contributed by atoms with Crippen LogP contribution in [0.4, 0.5) is 0 Å². The van der Waals surface area contributed by atoms with Crippen molar-refractivity contribution in [1.29, 1.82) is 0 Å². The average Bonchev–Trinajstić information content (AvgIpc) is 3.13. The minimum Gasteiger partial charge on any atom is -0.309 e. The fourth-order valence-electron chi connectivity index (χ4n) is 4.98. The summed E-state index contributed by atoms with van der Waals surface area (Å²) in [6, 6.07) is 10.6. The van der Waals surface area contributed by atoms with Crippen LogP contribution in [0.3, 0.4) is 0 Å². The van der Waals surface area contributed by atoms with E-state index in [1.807, 2.05) is 26.2 Å². The smallest absolute Gasteiger partial charge is 0.309 e. The molecule has 1 aliphatic rings. The van der Waals surface area contributed by atoms with Crippen LogP contribution in [0.15, 0.2) is 55.1 Å². The van der Waals surface area contributed by atoms with Gasteiger partial charge in [0.2, 0.25) is 0 Å². The van der Waals surface area contributed by atoms with Gasteiger partial charge < -0.3 is 9.05 Å². The molecule has 0 N–H and O–H groups in total. The number of hydrogen-bond acceptors (Lipinski definition) is 6. The van der Waals surface area contributed by atoms with Crippen LogP contribution in [-0.2, 0) is 41.2 Å². The Morgan fingerprint density at radius 1 is 0.921 bits per heavy atom. The van der Waals surface area contributed by atoms with Gasteiger partial charge in [-0.3, -0.25) is 14.1 Å². The van der Waals surface area contributed by atoms with E-state index in [1.54, 1.807) is 0 Å². The molecule has 38 heavy (non-hydrogen) atoms. The van der Waals surface area contributed by atoms with E-state index in [-0.39, 0.29) is 14.1 Å². The van der Waals surface area contributed by atoms with Gasteiger partial charge >= 0.3 is 16.3 Å². The second-order valence-electron chi connectivity index (χ2n) is 9.84. The summed E-state index contributed by atoms with van der Waals surface area (Å²) in [5.74, 6) is 0. The van der Waals surface area contributed by atoms with Crippen molar-refractivity contribution < 1.29 is 31.8 Å². The Morgan fingerprint density at radius 2 is 1.61 bits per heavy atom. The molecule has 3 aromatic heterocycles. The van der Waals surface area contributed by atoms with Gasteiger partial charge in [0.05, 0.1) is 37.4 Å². The summed E-state index contributed by atoms with van der Waals surface area (Å²) in [5, 5.41) is 0. The van der Waals surface area contributed by atoms with E-state index in [2.05, 4.69) is 65.7 Å². The molecule has 202 valence electrons. The molecule has 0 atom stereocenters. The van der Waals surface area contributed by atoms with Gasteiger partial charge in [-0.15, -0.1) is 0 Å². The predicted octanol–water partition coefficient (Wildman–Crippen LogP) is 5.90. The first-order valence-electron chi connectivity index (χ1n) is 13.2. The Morgan fingerprint density at radius 3 is 2.29 bits per heavy atom. The fourth-order valence-corrected chi connectivity index (χ4v) is 6.84. The standard InChI is InChI=1S/C28H37N3O5P2/c1-5-35-38(33,36-6-2)20-8-15-30-16-11-22(12-17-30)26-10-9-24-23-13-18-31(14-7-19-34-37-32)21-25(23)28(3,4)27(24)29-26/h9-13,16-18,21H,5-8,14-15,19-20H2,1-4H3/q+2. The highest BCUT2D eigenvalue weighted by Crippen LogP contribution is 2.49. The summed E-state index contributed by atoms with van der Waals surface area (Å²) >= 11 is 0. The quantitative estimate of drug-likeness (QED) is 0.140. The molecule has 4 rings (SSSR count). The minimum atomic E-state index is -3.01. The monoisotopic (exact) mass is 557 g/mol. The fraction of sp³-hybridized carbons (Fsp3) is 0.464. The third-order valence-corrected chi connectivity index (χ3v) is 9.32. The van der Waals surface area contributed by atoms with Crippen LogP contribution in [0.25, 0.3) is 22.4 Å². The van der Waals surface area contributed by atoms with Gasteiger partial charge in [-0.2, -0.15) is 0 Å². The van der Waals surface area contributed by atoms with Crippen molar-refractivity contribution in [3.63, 3.8) is 0 Å². The van der Waals surface area contributed by atoms with E-state index in [9.17, 15) is 9.13 Å². The summed E-state index contributed by atoms with van der Waals surface area (Å²) in [4.78, 5) is 5.13. The zero-order valence-corrected chi connectivity index (χ0v) is 24.4. The van der Waals surface area contributed by atoms with E-state index in [0.717, 1.165) is 36.5 Å². The lowest BCUT2D eigenvalue weighted by Gasteiger charge is -2.19. The summed E-state index contributed by atoms with van der Waals surface area (Å²) in [6.45, 7) is 10.9. The highest BCUT2D eigenvalue weighted by molar-refractivity contribution is 7.53. The lowest BCUT2D eigenvalue weighted by atomic mass is 9.86. The number of fused-ring (bicyclic) bond motifs is 3. The Kier molecular flexibility index (Phi) is 9.56. The molecule has 8 nitrogen and oxygen atoms in total. The van der Waals surface area contributed by atoms with Gasteiger partial charge in [-0.25, -0.2) is 13.7 Å². The van der Waals surface area contributed by atoms with Crippen LogP contribution in [0.1, 0.15) is 51.8 Å². The maximum Gasteiger partial charge on any atom is 0.330 e. The number of aromatic nitrogens is 3. The zero-order valence-electron chi connectivity index (χ0n) is 22.6. The Hall–Kier alpha value is -2.34. The van der Waals surface area contributed by atoms with Crippen molar-refractivity contribution in [3.8, 4) is 22.4 Å². The first-order chi connectivity index (χ1) is 18.3. The van der Waals surface area contributed by atoms with Crippen molar-refractivity contribution in [2.24, 2.45) is 0 Å². The van der Waals surface area contributed by atoms with Gasteiger partial charge in [0, 0.05) is 53.1 Å². The second-order valence-corrected chi connectivity index (χ2v) is 12.4. The number of rotatable bonds is 14. The van der Waals surface area contributed by atoms with Gasteiger partial charge in [0.1, 0.15) is 6.54 Å². The van der Waals surface area contributed by atoms with Crippen molar-refractivity contribution in [2.75, 3.05) is 26.0 Å². The highest BCUT2D eigenvalue weighted by atomic mass is 31.2. The van der Waals surface area contributed by atoms with E-state index >= 15 is 0 Å². The number of aryl methyl sites for hydroxylation is 2. The molecular weight excluding hydrogens is 520 g/mol. The normalized spacial score (nSPS) is 14.0. The van der Waals surface area contributed by atoms with Crippen LogP contribution in [-0.4, -0.2) is 31.0 Å². The molecule has 0 aromatic carbocycles. The van der Waals surface area contributed by atoms with E-state index in [1.165, 1.54) is 16.7 Å². The Labute approximate surface area is 226 Å². The lowest BCUT2D eigenvalue weighted by Crippen LogP contribution is -2.35. The first-order valence-corrected chi connectivity index (χ1v) is 15.6. The molecule has 0 bridgehead atoms. The second kappa shape index (κ2) is 12.7. The summed E-state index contributed by atoms with van der Waals surface area (Å²) in [6.07, 6.45) is 10.3. The highest BCUT2D eigenvalue weighted by Gasteiger charge is 2.39. The number of nitrogens with zero attached hydrogens (tertiary/aromatic N) is 3. The molecule has 0 amide bonds. The van der Waals surface area contributed by atoms with E-state index in [0.29, 0.717) is 32.4 Å². The SMILES string of the molecule is CCOP(=O)(CCC[n+]1ccc(-c2ccc3c(n2)C(C)(C)c2c[n+](CCCOP=O)ccc2-3)cc1)OCC. The Bertz CT molecular complexity index is 1300. The minimum absolute atomic E-state index is 0.225. The van der Waals surface area contributed by atoms with E-state index < -0.39 is 7.60 Å². The molecule has 0 spiro atoms. The van der Waals surface area contributed by atoms with Crippen molar-refractivity contribution in [2.45, 2.75) is 59.0 Å². The molecule has 1 aliphatic carbocycles. The molecule has 0 aliphatic heterocycles. The molecule has 0 unspecified atom stereocenters. The van der Waals surface area contributed by atoms with Crippen LogP contribution in [0.2, 0.25) is 0 Å². The molecule has 0 radical (unpaired) electrons. The molecule has 3 heterocycles. The topological polar surface area (TPSA) is 82.5 Å². The lowest BCUT2D eigenvalue weighted by molar-refractivity contribution is -0.697. The van der Waals surface area contributed by atoms with Crippen LogP contribution in [0, 0.1) is 0 Å². The van der Waals surface area contributed by atoms with Crippen molar-refractivity contribution in [1.82, 2.24) is 4.98 Å². The number of hydrogen-bond donors (Lipinski definition) is 0. The maximum absolute atomic E-state index is 12.7. The summed E-state index contributed by atoms with van der Waals surface area (Å²) in [5.41, 5.74) is 6.50. The maximum atomic E-state index is 12.7. The van der Waals surface area contributed by atoms with Gasteiger partial charge in [-0.1, -0.05) is 6.07 Å². The zero-order chi connectivity index (χ0) is 27.2. The third-order valence-electron chi connectivity index (χ3n) is 6.86.